The molecule has 2 unspecified atom stereocenters. The van der Waals surface area contributed by atoms with Crippen LogP contribution in [0.1, 0.15) is 33.6 Å². The first-order valence-corrected chi connectivity index (χ1v) is 8.13. The highest BCUT2D eigenvalue weighted by Gasteiger charge is 2.36. The van der Waals surface area contributed by atoms with Crippen molar-refractivity contribution in [2.45, 2.75) is 44.6 Å². The van der Waals surface area contributed by atoms with Crippen molar-refractivity contribution in [3.63, 3.8) is 0 Å². The molecule has 0 aromatic heterocycles. The van der Waals surface area contributed by atoms with Crippen LogP contribution in [-0.4, -0.2) is 17.7 Å². The summed E-state index contributed by atoms with van der Waals surface area (Å²) in [5, 5.41) is 3.67. The zero-order valence-corrected chi connectivity index (χ0v) is 13.3. The smallest absolute Gasteiger partial charge is 0.227 e. The van der Waals surface area contributed by atoms with Gasteiger partial charge in [0.05, 0.1) is 5.75 Å². The third-order valence-electron chi connectivity index (χ3n) is 3.93. The van der Waals surface area contributed by atoms with Crippen molar-refractivity contribution in [2.75, 3.05) is 11.1 Å². The van der Waals surface area contributed by atoms with Crippen LogP contribution in [0.4, 0.5) is 5.69 Å². The standard InChI is InChI=1S/C16H24N2OS/c1-11-8-16(2,3)9-13(11)18-12-6-4-5-7-14(12)20-10-15(17)19/h4-7,11,13,18H,8-10H2,1-3H3,(H2,17,19). The van der Waals surface area contributed by atoms with Gasteiger partial charge in [-0.05, 0) is 36.3 Å². The molecule has 0 aliphatic heterocycles. The van der Waals surface area contributed by atoms with Crippen LogP contribution in [0, 0.1) is 11.3 Å². The first-order chi connectivity index (χ1) is 9.37. The molecule has 1 amide bonds. The molecule has 0 bridgehead atoms. The molecule has 1 aliphatic carbocycles. The van der Waals surface area contributed by atoms with Crippen LogP contribution in [0.3, 0.4) is 0 Å². The molecule has 4 heteroatoms. The summed E-state index contributed by atoms with van der Waals surface area (Å²) in [5.41, 5.74) is 6.76. The lowest BCUT2D eigenvalue weighted by molar-refractivity contribution is -0.115. The molecule has 20 heavy (non-hydrogen) atoms. The van der Waals surface area contributed by atoms with Crippen LogP contribution in [-0.2, 0) is 4.79 Å². The summed E-state index contributed by atoms with van der Waals surface area (Å²) in [6.45, 7) is 6.98. The second kappa shape index (κ2) is 6.08. The number of carbonyl (C=O) groups excluding carboxylic acids is 1. The highest BCUT2D eigenvalue weighted by Crippen LogP contribution is 2.42. The minimum Gasteiger partial charge on any atom is -0.381 e. The Kier molecular flexibility index (Phi) is 4.63. The Bertz CT molecular complexity index is 487. The zero-order chi connectivity index (χ0) is 14.8. The molecule has 3 N–H and O–H groups in total. The number of nitrogens with two attached hydrogens (primary N) is 1. The Balaban J connectivity index is 2.07. The third-order valence-corrected chi connectivity index (χ3v) is 5.03. The Hall–Kier alpha value is -1.16. The Morgan fingerprint density at radius 1 is 1.40 bits per heavy atom. The lowest BCUT2D eigenvalue weighted by Gasteiger charge is -2.21. The number of para-hydroxylation sites is 1. The van der Waals surface area contributed by atoms with Crippen LogP contribution < -0.4 is 11.1 Å². The fourth-order valence-corrected chi connectivity index (χ4v) is 3.90. The molecule has 3 nitrogen and oxygen atoms in total. The van der Waals surface area contributed by atoms with Crippen LogP contribution in [0.2, 0.25) is 0 Å². The summed E-state index contributed by atoms with van der Waals surface area (Å²) in [7, 11) is 0. The van der Waals surface area contributed by atoms with Crippen molar-refractivity contribution in [2.24, 2.45) is 17.1 Å². The van der Waals surface area contributed by atoms with E-state index in [2.05, 4.69) is 32.2 Å². The molecule has 0 saturated heterocycles. The predicted octanol–water partition coefficient (Wildman–Crippen LogP) is 3.50. The third kappa shape index (κ3) is 3.92. The van der Waals surface area contributed by atoms with Crippen molar-refractivity contribution < 1.29 is 4.79 Å². The molecule has 1 fully saturated rings. The molecule has 0 spiro atoms. The van der Waals surface area contributed by atoms with E-state index < -0.39 is 0 Å². The Labute approximate surface area is 125 Å². The van der Waals surface area contributed by atoms with E-state index in [-0.39, 0.29) is 5.91 Å². The van der Waals surface area contributed by atoms with Gasteiger partial charge < -0.3 is 11.1 Å². The van der Waals surface area contributed by atoms with Gasteiger partial charge in [0, 0.05) is 16.6 Å². The van der Waals surface area contributed by atoms with E-state index in [1.807, 2.05) is 18.2 Å². The lowest BCUT2D eigenvalue weighted by atomic mass is 9.91. The van der Waals surface area contributed by atoms with Gasteiger partial charge in [-0.1, -0.05) is 32.9 Å². The molecule has 1 aliphatic rings. The SMILES string of the molecule is CC1CC(C)(C)CC1Nc1ccccc1SCC(N)=O. The van der Waals surface area contributed by atoms with Crippen molar-refractivity contribution >= 4 is 23.4 Å². The maximum absolute atomic E-state index is 10.9. The topological polar surface area (TPSA) is 55.1 Å². The minimum atomic E-state index is -0.278. The summed E-state index contributed by atoms with van der Waals surface area (Å²) >= 11 is 1.50. The summed E-state index contributed by atoms with van der Waals surface area (Å²) in [6, 6.07) is 8.65. The fraction of sp³-hybridized carbons (Fsp3) is 0.562. The predicted molar refractivity (Wildman–Crippen MR) is 86.0 cm³/mol. The summed E-state index contributed by atoms with van der Waals surface area (Å²) in [5.74, 6) is 0.712. The number of thioether (sulfide) groups is 1. The van der Waals surface area contributed by atoms with Gasteiger partial charge in [-0.25, -0.2) is 0 Å². The second-order valence-electron chi connectivity index (χ2n) is 6.55. The normalized spacial score (nSPS) is 24.6. The number of benzene rings is 1. The van der Waals surface area contributed by atoms with Gasteiger partial charge in [0.1, 0.15) is 0 Å². The van der Waals surface area contributed by atoms with E-state index in [9.17, 15) is 4.79 Å². The number of rotatable bonds is 5. The molecule has 2 rings (SSSR count). The average Bonchev–Trinajstić information content (AvgIpc) is 2.61. The molecule has 2 atom stereocenters. The Morgan fingerprint density at radius 2 is 2.10 bits per heavy atom. The van der Waals surface area contributed by atoms with E-state index >= 15 is 0 Å². The van der Waals surface area contributed by atoms with Gasteiger partial charge in [-0.3, -0.25) is 4.79 Å². The van der Waals surface area contributed by atoms with Gasteiger partial charge in [-0.15, -0.1) is 11.8 Å². The lowest BCUT2D eigenvalue weighted by Crippen LogP contribution is -2.23. The van der Waals surface area contributed by atoms with E-state index in [4.69, 9.17) is 5.73 Å². The number of hydrogen-bond donors (Lipinski definition) is 2. The highest BCUT2D eigenvalue weighted by atomic mass is 32.2. The monoisotopic (exact) mass is 292 g/mol. The molecule has 0 heterocycles. The minimum absolute atomic E-state index is 0.278. The maximum Gasteiger partial charge on any atom is 0.227 e. The summed E-state index contributed by atoms with van der Waals surface area (Å²) in [6.07, 6.45) is 2.43. The number of primary amides is 1. The summed E-state index contributed by atoms with van der Waals surface area (Å²) in [4.78, 5) is 12.0. The van der Waals surface area contributed by atoms with Gasteiger partial charge in [0.2, 0.25) is 5.91 Å². The largest absolute Gasteiger partial charge is 0.381 e. The summed E-state index contributed by atoms with van der Waals surface area (Å²) < 4.78 is 0. The number of anilines is 1. The molecule has 110 valence electrons. The van der Waals surface area contributed by atoms with Gasteiger partial charge in [-0.2, -0.15) is 0 Å². The van der Waals surface area contributed by atoms with E-state index in [1.165, 1.54) is 24.6 Å². The highest BCUT2D eigenvalue weighted by molar-refractivity contribution is 8.00. The average molecular weight is 292 g/mol. The van der Waals surface area contributed by atoms with Crippen LogP contribution in [0.15, 0.2) is 29.2 Å². The van der Waals surface area contributed by atoms with E-state index in [0.29, 0.717) is 23.1 Å². The van der Waals surface area contributed by atoms with Crippen LogP contribution in [0.25, 0.3) is 0 Å². The van der Waals surface area contributed by atoms with E-state index in [0.717, 1.165) is 10.6 Å². The number of hydrogen-bond acceptors (Lipinski definition) is 3. The van der Waals surface area contributed by atoms with Crippen molar-refractivity contribution in [3.8, 4) is 0 Å². The van der Waals surface area contributed by atoms with Gasteiger partial charge >= 0.3 is 0 Å². The first kappa shape index (κ1) is 15.2. The van der Waals surface area contributed by atoms with Gasteiger partial charge in [0.15, 0.2) is 0 Å². The fourth-order valence-electron chi connectivity index (χ4n) is 3.15. The van der Waals surface area contributed by atoms with Crippen molar-refractivity contribution in [1.82, 2.24) is 0 Å². The van der Waals surface area contributed by atoms with Crippen molar-refractivity contribution in [1.29, 1.82) is 0 Å². The quantitative estimate of drug-likeness (QED) is 0.817. The molecule has 1 aromatic carbocycles. The second-order valence-corrected chi connectivity index (χ2v) is 7.57. The first-order valence-electron chi connectivity index (χ1n) is 7.14. The maximum atomic E-state index is 10.9. The van der Waals surface area contributed by atoms with E-state index in [1.54, 1.807) is 0 Å². The molecule has 1 aromatic rings. The molecular weight excluding hydrogens is 268 g/mol. The molecular formula is C16H24N2OS. The van der Waals surface area contributed by atoms with Crippen LogP contribution in [0.5, 0.6) is 0 Å². The van der Waals surface area contributed by atoms with Crippen LogP contribution >= 0.6 is 11.8 Å². The number of nitrogens with one attached hydrogen (secondary N) is 1. The van der Waals surface area contributed by atoms with Gasteiger partial charge in [0.25, 0.3) is 0 Å². The number of carbonyl (C=O) groups is 1. The van der Waals surface area contributed by atoms with Crippen molar-refractivity contribution in [3.05, 3.63) is 24.3 Å². The molecule has 0 radical (unpaired) electrons. The Morgan fingerprint density at radius 3 is 2.70 bits per heavy atom. The zero-order valence-electron chi connectivity index (χ0n) is 12.5. The number of amides is 1. The molecule has 1 saturated carbocycles.